The Morgan fingerprint density at radius 1 is 1.02 bits per heavy atom. The van der Waals surface area contributed by atoms with E-state index in [1.54, 1.807) is 60.7 Å². The molecule has 202 valence electrons. The van der Waals surface area contributed by atoms with Gasteiger partial charge in [-0.2, -0.15) is 5.26 Å². The van der Waals surface area contributed by atoms with Crippen molar-refractivity contribution in [2.45, 2.75) is 13.0 Å². The molecule has 2 heterocycles. The van der Waals surface area contributed by atoms with Crippen molar-refractivity contribution in [1.29, 1.82) is 5.26 Å². The maximum Gasteiger partial charge on any atom is 0.280 e. The molecule has 0 spiro atoms. The van der Waals surface area contributed by atoms with Gasteiger partial charge in [0.1, 0.15) is 22.3 Å². The van der Waals surface area contributed by atoms with Crippen molar-refractivity contribution in [2.24, 2.45) is 0 Å². The van der Waals surface area contributed by atoms with Crippen LogP contribution in [0, 0.1) is 21.4 Å². The number of nitrogens with zero attached hydrogens (tertiary/aromatic N) is 3. The third kappa shape index (κ3) is 5.61. The second-order valence-electron chi connectivity index (χ2n) is 8.96. The highest BCUT2D eigenvalue weighted by molar-refractivity contribution is 7.07. The Labute approximate surface area is 237 Å². The van der Waals surface area contributed by atoms with Gasteiger partial charge in [0, 0.05) is 12.1 Å². The number of nitro benzene ring substituents is 1. The third-order valence-corrected chi connectivity index (χ3v) is 7.40. The van der Waals surface area contributed by atoms with Gasteiger partial charge in [-0.15, -0.1) is 11.3 Å². The molecular weight excluding hydrogens is 540 g/mol. The molecule has 1 amide bonds. The number of hydrogen-bond acceptors (Lipinski definition) is 7. The summed E-state index contributed by atoms with van der Waals surface area (Å²) in [5, 5.41) is 24.4. The number of nitrogens with one attached hydrogen (secondary N) is 1. The van der Waals surface area contributed by atoms with Crippen molar-refractivity contribution in [3.05, 3.63) is 138 Å². The molecule has 3 aromatic carbocycles. The van der Waals surface area contributed by atoms with E-state index in [2.05, 4.69) is 5.32 Å². The van der Waals surface area contributed by atoms with Crippen LogP contribution in [0.1, 0.15) is 24.3 Å². The van der Waals surface area contributed by atoms with E-state index in [0.29, 0.717) is 11.3 Å². The molecule has 1 unspecified atom stereocenters. The number of carbonyl (C=O) groups excluding carboxylic acids is 1. The highest BCUT2D eigenvalue weighted by Crippen LogP contribution is 2.31. The lowest BCUT2D eigenvalue weighted by Crippen LogP contribution is -2.34. The van der Waals surface area contributed by atoms with Gasteiger partial charge in [-0.25, -0.2) is 0 Å². The van der Waals surface area contributed by atoms with E-state index >= 15 is 0 Å². The van der Waals surface area contributed by atoms with E-state index < -0.39 is 16.4 Å². The van der Waals surface area contributed by atoms with Gasteiger partial charge in [0.2, 0.25) is 0 Å². The lowest BCUT2D eigenvalue weighted by atomic mass is 10.1. The van der Waals surface area contributed by atoms with Crippen LogP contribution in [-0.2, 0) is 4.79 Å². The first-order valence-electron chi connectivity index (χ1n) is 12.5. The molecule has 41 heavy (non-hydrogen) atoms. The Hall–Kier alpha value is -5.53. The number of para-hydroxylation sites is 2. The Kier molecular flexibility index (Phi) is 7.71. The van der Waals surface area contributed by atoms with E-state index in [1.165, 1.54) is 16.7 Å². The number of furan rings is 1. The van der Waals surface area contributed by atoms with E-state index in [-0.39, 0.29) is 38.0 Å². The molecule has 0 saturated carbocycles. The minimum Gasteiger partial charge on any atom is -0.456 e. The number of carbonyl (C=O) groups is 1. The van der Waals surface area contributed by atoms with E-state index in [1.807, 2.05) is 43.3 Å². The summed E-state index contributed by atoms with van der Waals surface area (Å²) in [6.07, 6.45) is 1.49. The molecule has 9 nitrogen and oxygen atoms in total. The summed E-state index contributed by atoms with van der Waals surface area (Å²) in [5.74, 6) is -0.0656. The van der Waals surface area contributed by atoms with Crippen molar-refractivity contribution in [3.8, 4) is 23.1 Å². The molecule has 0 saturated heterocycles. The van der Waals surface area contributed by atoms with Crippen LogP contribution in [0.4, 0.5) is 5.69 Å². The van der Waals surface area contributed by atoms with Crippen LogP contribution in [-0.4, -0.2) is 15.4 Å². The van der Waals surface area contributed by atoms with Crippen LogP contribution >= 0.6 is 11.3 Å². The molecule has 0 radical (unpaired) electrons. The Morgan fingerprint density at radius 3 is 2.37 bits per heavy atom. The first-order valence-corrected chi connectivity index (χ1v) is 13.3. The molecule has 0 bridgehead atoms. The molecule has 0 aliphatic carbocycles. The van der Waals surface area contributed by atoms with Crippen molar-refractivity contribution >= 4 is 34.6 Å². The maximum atomic E-state index is 13.7. The van der Waals surface area contributed by atoms with Crippen molar-refractivity contribution in [1.82, 2.24) is 9.88 Å². The normalized spacial score (nSPS) is 12.8. The highest BCUT2D eigenvalue weighted by atomic mass is 32.1. The summed E-state index contributed by atoms with van der Waals surface area (Å²) in [4.78, 5) is 37.9. The zero-order valence-electron chi connectivity index (χ0n) is 21.7. The van der Waals surface area contributed by atoms with Gasteiger partial charge >= 0.3 is 0 Å². The van der Waals surface area contributed by atoms with Crippen LogP contribution < -0.4 is 20.1 Å². The minimum absolute atomic E-state index is 0.109. The second kappa shape index (κ2) is 11.7. The molecule has 2 aromatic heterocycles. The summed E-state index contributed by atoms with van der Waals surface area (Å²) in [7, 11) is 0. The van der Waals surface area contributed by atoms with Crippen molar-refractivity contribution in [2.75, 3.05) is 0 Å². The zero-order valence-corrected chi connectivity index (χ0v) is 22.5. The topological polar surface area (TPSA) is 131 Å². The first-order chi connectivity index (χ1) is 19.9. The van der Waals surface area contributed by atoms with Gasteiger partial charge in [0.15, 0.2) is 5.57 Å². The van der Waals surface area contributed by atoms with Crippen LogP contribution in [0.2, 0.25) is 0 Å². The number of nitriles is 1. The SMILES string of the molecule is CC(NC(=O)/C(C#N)=c1\s/c(=C/c2ccc(-c3ccccc3[N+](=O)[O-])o2)c(=O)n1-c1ccccc1)c1ccccc1. The largest absolute Gasteiger partial charge is 0.456 e. The highest BCUT2D eigenvalue weighted by Gasteiger charge is 2.20. The smallest absolute Gasteiger partial charge is 0.280 e. The molecule has 0 aliphatic heterocycles. The number of benzene rings is 3. The summed E-state index contributed by atoms with van der Waals surface area (Å²) in [5.41, 5.74) is 0.887. The quantitative estimate of drug-likeness (QED) is 0.230. The fourth-order valence-electron chi connectivity index (χ4n) is 4.30. The molecule has 1 atom stereocenters. The predicted molar refractivity (Wildman–Crippen MR) is 156 cm³/mol. The van der Waals surface area contributed by atoms with E-state index in [0.717, 1.165) is 16.9 Å². The van der Waals surface area contributed by atoms with Gasteiger partial charge in [0.05, 0.1) is 26.7 Å². The van der Waals surface area contributed by atoms with Gasteiger partial charge in [-0.1, -0.05) is 60.7 Å². The lowest BCUT2D eigenvalue weighted by molar-refractivity contribution is -0.384. The molecule has 5 rings (SSSR count). The van der Waals surface area contributed by atoms with Gasteiger partial charge in [0.25, 0.3) is 17.2 Å². The van der Waals surface area contributed by atoms with Crippen LogP contribution in [0.25, 0.3) is 28.7 Å². The third-order valence-electron chi connectivity index (χ3n) is 6.30. The van der Waals surface area contributed by atoms with Gasteiger partial charge < -0.3 is 9.73 Å². The van der Waals surface area contributed by atoms with Crippen LogP contribution in [0.3, 0.4) is 0 Å². The molecular formula is C31H22N4O5S. The predicted octanol–water partition coefficient (Wildman–Crippen LogP) is 4.45. The second-order valence-corrected chi connectivity index (χ2v) is 9.99. The average molecular weight is 563 g/mol. The number of hydrogen-bond donors (Lipinski definition) is 1. The number of aromatic nitrogens is 1. The van der Waals surface area contributed by atoms with Gasteiger partial charge in [-0.3, -0.25) is 24.3 Å². The number of thiazole rings is 1. The summed E-state index contributed by atoms with van der Waals surface area (Å²) >= 11 is 0.979. The molecule has 0 aliphatic rings. The summed E-state index contributed by atoms with van der Waals surface area (Å²) in [6.45, 7) is 1.81. The standard InChI is InChI=1S/C31H22N4O5S/c1-20(21-10-4-2-5-11-21)33-29(36)25(19-32)31-34(22-12-6-3-7-13-22)30(37)28(41-31)18-23-16-17-27(40-23)24-14-8-9-15-26(24)35(38)39/h2-18,20H,1H3,(H,33,36)/b28-18+,31-25-. The molecule has 5 aromatic rings. The summed E-state index contributed by atoms with van der Waals surface area (Å²) < 4.78 is 7.56. The van der Waals surface area contributed by atoms with Crippen LogP contribution in [0.15, 0.2) is 106 Å². The fourth-order valence-corrected chi connectivity index (χ4v) is 5.38. The first kappa shape index (κ1) is 27.1. The minimum atomic E-state index is -0.613. The zero-order chi connectivity index (χ0) is 28.9. The van der Waals surface area contributed by atoms with Crippen molar-refractivity contribution < 1.29 is 14.1 Å². The van der Waals surface area contributed by atoms with Crippen molar-refractivity contribution in [3.63, 3.8) is 0 Å². The molecule has 0 fully saturated rings. The Bertz CT molecular complexity index is 1970. The lowest BCUT2D eigenvalue weighted by Gasteiger charge is -2.13. The maximum absolute atomic E-state index is 13.7. The van der Waals surface area contributed by atoms with E-state index in [9.17, 15) is 25.0 Å². The number of nitro groups is 1. The summed E-state index contributed by atoms with van der Waals surface area (Å²) in [6, 6.07) is 29.0. The number of rotatable bonds is 7. The Morgan fingerprint density at radius 2 is 1.68 bits per heavy atom. The van der Waals surface area contributed by atoms with Gasteiger partial charge in [-0.05, 0) is 42.8 Å². The number of amides is 1. The Balaban J connectivity index is 1.63. The average Bonchev–Trinajstić information content (AvgIpc) is 3.58. The fraction of sp³-hybridized carbons (Fsp3) is 0.0645. The van der Waals surface area contributed by atoms with Crippen LogP contribution in [0.5, 0.6) is 0 Å². The molecule has 1 N–H and O–H groups in total. The van der Waals surface area contributed by atoms with E-state index in [4.69, 9.17) is 4.42 Å². The molecule has 10 heteroatoms. The monoisotopic (exact) mass is 562 g/mol.